The van der Waals surface area contributed by atoms with Crippen LogP contribution in [0.3, 0.4) is 0 Å². The number of amides is 1. The summed E-state index contributed by atoms with van der Waals surface area (Å²) in [6, 6.07) is 8.91. The van der Waals surface area contributed by atoms with Gasteiger partial charge in [-0.3, -0.25) is 9.10 Å². The Morgan fingerprint density at radius 2 is 1.71 bits per heavy atom. The molecule has 1 amide bonds. The minimum absolute atomic E-state index is 0.242. The molecule has 0 radical (unpaired) electrons. The predicted octanol–water partition coefficient (Wildman–Crippen LogP) is 4.22. The molecule has 1 unspecified atom stereocenters. The summed E-state index contributed by atoms with van der Waals surface area (Å²) in [4.78, 5) is 12.7. The average molecular weight is 423 g/mol. The van der Waals surface area contributed by atoms with Gasteiger partial charge in [0.15, 0.2) is 0 Å². The number of nitrogens with zero attached hydrogens (tertiary/aromatic N) is 1. The van der Waals surface area contributed by atoms with Crippen LogP contribution in [-0.2, 0) is 14.8 Å². The highest BCUT2D eigenvalue weighted by molar-refractivity contribution is 7.92. The van der Waals surface area contributed by atoms with Crippen LogP contribution in [0.15, 0.2) is 30.3 Å². The molecule has 152 valence electrons. The summed E-state index contributed by atoms with van der Waals surface area (Å²) < 4.78 is 25.7. The van der Waals surface area contributed by atoms with Crippen LogP contribution in [0.2, 0.25) is 5.02 Å². The van der Waals surface area contributed by atoms with Crippen molar-refractivity contribution in [3.05, 3.63) is 63.2 Å². The molecule has 0 heterocycles. The van der Waals surface area contributed by atoms with Crippen molar-refractivity contribution in [3.8, 4) is 0 Å². The third-order valence-corrected chi connectivity index (χ3v) is 6.46. The number of carbonyl (C=O) groups is 1. The van der Waals surface area contributed by atoms with E-state index in [1.807, 2.05) is 27.7 Å². The van der Waals surface area contributed by atoms with E-state index in [1.54, 1.807) is 25.1 Å². The van der Waals surface area contributed by atoms with Gasteiger partial charge in [-0.15, -0.1) is 0 Å². The fourth-order valence-electron chi connectivity index (χ4n) is 3.19. The van der Waals surface area contributed by atoms with Gasteiger partial charge in [-0.2, -0.15) is 0 Å². The second-order valence-corrected chi connectivity index (χ2v) is 9.55. The Morgan fingerprint density at radius 3 is 2.32 bits per heavy atom. The Kier molecular flexibility index (Phi) is 6.78. The summed E-state index contributed by atoms with van der Waals surface area (Å²) in [6.45, 7) is 9.39. The number of rotatable bonds is 6. The second kappa shape index (κ2) is 8.53. The van der Waals surface area contributed by atoms with Gasteiger partial charge in [-0.25, -0.2) is 8.42 Å². The van der Waals surface area contributed by atoms with Crippen LogP contribution in [-0.4, -0.2) is 27.1 Å². The van der Waals surface area contributed by atoms with Crippen molar-refractivity contribution in [1.29, 1.82) is 0 Å². The SMILES string of the molecule is Cc1cc(C)c(C(C)NC(=O)CN(c2cccc(Cl)c2C)S(C)(=O)=O)cc1C. The second-order valence-electron chi connectivity index (χ2n) is 7.24. The molecule has 7 heteroatoms. The Morgan fingerprint density at radius 1 is 1.11 bits per heavy atom. The standard InChI is InChI=1S/C21H27ClN2O3S/c1-13-10-15(3)18(11-14(13)2)17(5)23-21(25)12-24(28(6,26)27)20-9-7-8-19(22)16(20)4/h7-11,17H,12H2,1-6H3,(H,23,25). The van der Waals surface area contributed by atoms with Gasteiger partial charge in [0.1, 0.15) is 6.54 Å². The topological polar surface area (TPSA) is 66.5 Å². The maximum Gasteiger partial charge on any atom is 0.241 e. The van der Waals surface area contributed by atoms with Gasteiger partial charge < -0.3 is 5.32 Å². The van der Waals surface area contributed by atoms with Gasteiger partial charge >= 0.3 is 0 Å². The van der Waals surface area contributed by atoms with Crippen LogP contribution >= 0.6 is 11.6 Å². The molecule has 28 heavy (non-hydrogen) atoms. The van der Waals surface area contributed by atoms with E-state index in [0.29, 0.717) is 16.3 Å². The molecular formula is C21H27ClN2O3S. The van der Waals surface area contributed by atoms with E-state index >= 15 is 0 Å². The lowest BCUT2D eigenvalue weighted by Crippen LogP contribution is -2.41. The molecule has 0 aliphatic rings. The zero-order valence-corrected chi connectivity index (χ0v) is 18.7. The van der Waals surface area contributed by atoms with Crippen LogP contribution in [0.25, 0.3) is 0 Å². The Bertz CT molecular complexity index is 1000. The number of halogens is 1. The molecule has 0 saturated heterocycles. The van der Waals surface area contributed by atoms with Crippen molar-refractivity contribution < 1.29 is 13.2 Å². The van der Waals surface area contributed by atoms with Crippen molar-refractivity contribution in [2.24, 2.45) is 0 Å². The molecule has 0 aliphatic heterocycles. The van der Waals surface area contributed by atoms with Gasteiger partial charge in [0.2, 0.25) is 15.9 Å². The normalized spacial score (nSPS) is 12.5. The molecule has 0 fully saturated rings. The number of sulfonamides is 1. The third kappa shape index (κ3) is 5.06. The van der Waals surface area contributed by atoms with Gasteiger partial charge in [-0.1, -0.05) is 29.8 Å². The minimum Gasteiger partial charge on any atom is -0.348 e. The average Bonchev–Trinajstić information content (AvgIpc) is 2.57. The lowest BCUT2D eigenvalue weighted by Gasteiger charge is -2.25. The van der Waals surface area contributed by atoms with E-state index in [-0.39, 0.29) is 18.5 Å². The number of aryl methyl sites for hydroxylation is 3. The van der Waals surface area contributed by atoms with Crippen LogP contribution in [0.1, 0.15) is 40.8 Å². The zero-order chi connectivity index (χ0) is 21.2. The molecule has 0 aromatic heterocycles. The van der Waals surface area contributed by atoms with E-state index in [4.69, 9.17) is 11.6 Å². The molecule has 1 atom stereocenters. The number of hydrogen-bond acceptors (Lipinski definition) is 3. The van der Waals surface area contributed by atoms with Gasteiger partial charge in [0.05, 0.1) is 18.0 Å². The van der Waals surface area contributed by atoms with Gasteiger partial charge in [0, 0.05) is 5.02 Å². The predicted molar refractivity (Wildman–Crippen MR) is 116 cm³/mol. The number of anilines is 1. The Balaban J connectivity index is 2.25. The van der Waals surface area contributed by atoms with E-state index in [2.05, 4.69) is 17.4 Å². The summed E-state index contributed by atoms with van der Waals surface area (Å²) in [5.74, 6) is -0.380. The zero-order valence-electron chi connectivity index (χ0n) is 17.1. The van der Waals surface area contributed by atoms with E-state index in [1.165, 1.54) is 5.56 Å². The lowest BCUT2D eigenvalue weighted by molar-refractivity contribution is -0.120. The number of benzene rings is 2. The summed E-state index contributed by atoms with van der Waals surface area (Å²) >= 11 is 6.13. The number of hydrogen-bond donors (Lipinski definition) is 1. The Labute approximate surface area is 172 Å². The molecule has 2 aromatic rings. The number of nitrogens with one attached hydrogen (secondary N) is 1. The first-order chi connectivity index (χ1) is 12.9. The number of carbonyl (C=O) groups excluding carboxylic acids is 1. The fourth-order valence-corrected chi connectivity index (χ4v) is 4.27. The Hall–Kier alpha value is -2.05. The van der Waals surface area contributed by atoms with Crippen molar-refractivity contribution in [2.45, 2.75) is 40.7 Å². The van der Waals surface area contributed by atoms with Gasteiger partial charge in [0.25, 0.3) is 0 Å². The van der Waals surface area contributed by atoms with E-state index in [9.17, 15) is 13.2 Å². The summed E-state index contributed by atoms with van der Waals surface area (Å²) in [6.07, 6.45) is 1.08. The quantitative estimate of drug-likeness (QED) is 0.757. The lowest BCUT2D eigenvalue weighted by atomic mass is 9.96. The largest absolute Gasteiger partial charge is 0.348 e. The molecular weight excluding hydrogens is 396 g/mol. The van der Waals surface area contributed by atoms with Crippen LogP contribution in [0, 0.1) is 27.7 Å². The molecule has 0 aliphatic carbocycles. The summed E-state index contributed by atoms with van der Waals surface area (Å²) in [5.41, 5.74) is 5.46. The minimum atomic E-state index is -3.66. The third-order valence-electron chi connectivity index (χ3n) is 4.92. The van der Waals surface area contributed by atoms with Gasteiger partial charge in [-0.05, 0) is 74.6 Å². The molecule has 0 bridgehead atoms. The van der Waals surface area contributed by atoms with Crippen molar-refractivity contribution >= 4 is 33.2 Å². The van der Waals surface area contributed by atoms with Crippen molar-refractivity contribution in [2.75, 3.05) is 17.1 Å². The van der Waals surface area contributed by atoms with Crippen LogP contribution < -0.4 is 9.62 Å². The highest BCUT2D eigenvalue weighted by Crippen LogP contribution is 2.28. The molecule has 5 nitrogen and oxygen atoms in total. The van der Waals surface area contributed by atoms with Crippen LogP contribution in [0.5, 0.6) is 0 Å². The first-order valence-electron chi connectivity index (χ1n) is 9.01. The molecule has 0 spiro atoms. The smallest absolute Gasteiger partial charge is 0.241 e. The fraction of sp³-hybridized carbons (Fsp3) is 0.381. The van der Waals surface area contributed by atoms with Crippen molar-refractivity contribution in [3.63, 3.8) is 0 Å². The molecule has 1 N–H and O–H groups in total. The molecule has 0 saturated carbocycles. The first-order valence-corrected chi connectivity index (χ1v) is 11.2. The van der Waals surface area contributed by atoms with Crippen LogP contribution in [0.4, 0.5) is 5.69 Å². The summed E-state index contributed by atoms with van der Waals surface area (Å²) in [7, 11) is -3.66. The highest BCUT2D eigenvalue weighted by Gasteiger charge is 2.24. The van der Waals surface area contributed by atoms with E-state index in [0.717, 1.165) is 27.3 Å². The monoisotopic (exact) mass is 422 g/mol. The first kappa shape index (κ1) is 22.2. The molecule has 2 rings (SSSR count). The molecule has 2 aromatic carbocycles. The van der Waals surface area contributed by atoms with Crippen molar-refractivity contribution in [1.82, 2.24) is 5.32 Å². The highest BCUT2D eigenvalue weighted by atomic mass is 35.5. The maximum absolute atomic E-state index is 12.7. The summed E-state index contributed by atoms with van der Waals surface area (Å²) in [5, 5.41) is 3.36. The maximum atomic E-state index is 12.7. The van der Waals surface area contributed by atoms with E-state index < -0.39 is 10.0 Å².